The van der Waals surface area contributed by atoms with Gasteiger partial charge in [0.15, 0.2) is 16.7 Å². The Bertz CT molecular complexity index is 875. The monoisotopic (exact) mass is 396 g/mol. The number of halogens is 2. The van der Waals surface area contributed by atoms with Crippen molar-refractivity contribution in [3.8, 4) is 11.6 Å². The van der Waals surface area contributed by atoms with Crippen molar-refractivity contribution in [3.63, 3.8) is 0 Å². The van der Waals surface area contributed by atoms with Crippen LogP contribution in [0.5, 0.6) is 0 Å². The first-order chi connectivity index (χ1) is 12.0. The lowest BCUT2D eigenvalue weighted by Gasteiger charge is -2.13. The highest BCUT2D eigenvalue weighted by molar-refractivity contribution is 8.00. The minimum absolute atomic E-state index is 0.234. The molecule has 3 aromatic rings. The van der Waals surface area contributed by atoms with Gasteiger partial charge in [-0.25, -0.2) is 0 Å². The minimum atomic E-state index is -0.431. The second kappa shape index (κ2) is 7.51. The molecule has 0 aliphatic carbocycles. The molecule has 130 valence electrons. The summed E-state index contributed by atoms with van der Waals surface area (Å²) in [6.07, 6.45) is 1.57. The standard InChI is InChI=1S/C16H14Cl2N4O2S/c1-9(15(23)19-13-10(17)5-3-6-11(13)18)25-16-21-20-14(22(16)2)12-7-4-8-24-12/h3-9H,1-2H3,(H,19,23)/t9-/m0/s1. The van der Waals surface area contributed by atoms with E-state index in [0.717, 1.165) is 0 Å². The molecular weight excluding hydrogens is 383 g/mol. The molecule has 0 radical (unpaired) electrons. The van der Waals surface area contributed by atoms with Crippen LogP contribution in [0.2, 0.25) is 10.0 Å². The summed E-state index contributed by atoms with van der Waals surface area (Å²) in [5, 5.41) is 11.9. The zero-order valence-corrected chi connectivity index (χ0v) is 15.7. The molecule has 1 N–H and O–H groups in total. The van der Waals surface area contributed by atoms with E-state index >= 15 is 0 Å². The molecule has 0 spiro atoms. The SMILES string of the molecule is C[C@H](Sc1nnc(-c2ccco2)n1C)C(=O)Nc1c(Cl)cccc1Cl. The van der Waals surface area contributed by atoms with Gasteiger partial charge in [-0.15, -0.1) is 10.2 Å². The van der Waals surface area contributed by atoms with Crippen molar-refractivity contribution in [2.45, 2.75) is 17.3 Å². The molecular formula is C16H14Cl2N4O2S. The number of hydrogen-bond donors (Lipinski definition) is 1. The number of benzene rings is 1. The minimum Gasteiger partial charge on any atom is -0.461 e. The number of thioether (sulfide) groups is 1. The van der Waals surface area contributed by atoms with Crippen molar-refractivity contribution in [3.05, 3.63) is 46.6 Å². The highest BCUT2D eigenvalue weighted by Gasteiger charge is 2.21. The third-order valence-electron chi connectivity index (χ3n) is 3.44. The summed E-state index contributed by atoms with van der Waals surface area (Å²) in [5.74, 6) is 0.971. The maximum atomic E-state index is 12.4. The largest absolute Gasteiger partial charge is 0.461 e. The molecule has 2 heterocycles. The molecule has 25 heavy (non-hydrogen) atoms. The normalized spacial score (nSPS) is 12.2. The van der Waals surface area contributed by atoms with Gasteiger partial charge in [0.2, 0.25) is 5.91 Å². The number of nitrogens with one attached hydrogen (secondary N) is 1. The van der Waals surface area contributed by atoms with E-state index in [-0.39, 0.29) is 5.91 Å². The van der Waals surface area contributed by atoms with Crippen LogP contribution in [0.1, 0.15) is 6.92 Å². The Morgan fingerprint density at radius 3 is 2.60 bits per heavy atom. The van der Waals surface area contributed by atoms with Crippen LogP contribution in [0.3, 0.4) is 0 Å². The molecule has 0 aliphatic heterocycles. The molecule has 0 saturated heterocycles. The number of anilines is 1. The van der Waals surface area contributed by atoms with Crippen LogP contribution in [0, 0.1) is 0 Å². The lowest BCUT2D eigenvalue weighted by Crippen LogP contribution is -2.23. The summed E-state index contributed by atoms with van der Waals surface area (Å²) in [7, 11) is 1.82. The molecule has 1 atom stereocenters. The zero-order chi connectivity index (χ0) is 18.0. The zero-order valence-electron chi connectivity index (χ0n) is 13.4. The van der Waals surface area contributed by atoms with Gasteiger partial charge in [-0.05, 0) is 31.2 Å². The average Bonchev–Trinajstić information content (AvgIpc) is 3.21. The molecule has 0 aliphatic rings. The average molecular weight is 397 g/mol. The molecule has 0 unspecified atom stereocenters. The van der Waals surface area contributed by atoms with Crippen LogP contribution in [-0.4, -0.2) is 25.9 Å². The van der Waals surface area contributed by atoms with E-state index in [1.54, 1.807) is 48.1 Å². The number of carbonyl (C=O) groups excluding carboxylic acids is 1. The van der Waals surface area contributed by atoms with Gasteiger partial charge in [-0.1, -0.05) is 41.0 Å². The molecule has 1 aromatic carbocycles. The molecule has 0 fully saturated rings. The highest BCUT2D eigenvalue weighted by atomic mass is 35.5. The number of carbonyl (C=O) groups is 1. The lowest BCUT2D eigenvalue weighted by atomic mass is 10.3. The Morgan fingerprint density at radius 2 is 1.96 bits per heavy atom. The molecule has 0 saturated carbocycles. The molecule has 0 bridgehead atoms. The Kier molecular flexibility index (Phi) is 5.36. The Labute approximate surface area is 158 Å². The number of hydrogen-bond acceptors (Lipinski definition) is 5. The van der Waals surface area contributed by atoms with Crippen molar-refractivity contribution in [1.82, 2.24) is 14.8 Å². The summed E-state index contributed by atoms with van der Waals surface area (Å²) in [4.78, 5) is 12.4. The van der Waals surface area contributed by atoms with Crippen LogP contribution >= 0.6 is 35.0 Å². The fourth-order valence-electron chi connectivity index (χ4n) is 2.09. The van der Waals surface area contributed by atoms with Crippen molar-refractivity contribution in [2.75, 3.05) is 5.32 Å². The summed E-state index contributed by atoms with van der Waals surface area (Å²) >= 11 is 13.4. The topological polar surface area (TPSA) is 73.0 Å². The maximum absolute atomic E-state index is 12.4. The van der Waals surface area contributed by atoms with E-state index in [2.05, 4.69) is 15.5 Å². The Balaban J connectivity index is 1.72. The first-order valence-electron chi connectivity index (χ1n) is 7.32. The predicted octanol–water partition coefficient (Wildman–Crippen LogP) is 4.50. The fraction of sp³-hybridized carbons (Fsp3) is 0.188. The quantitative estimate of drug-likeness (QED) is 0.642. The van der Waals surface area contributed by atoms with Gasteiger partial charge in [0.05, 0.1) is 27.2 Å². The van der Waals surface area contributed by atoms with Crippen LogP contribution in [0.15, 0.2) is 46.2 Å². The Morgan fingerprint density at radius 1 is 1.24 bits per heavy atom. The molecule has 6 nitrogen and oxygen atoms in total. The summed E-state index contributed by atoms with van der Waals surface area (Å²) in [6, 6.07) is 8.63. The van der Waals surface area contributed by atoms with Crippen molar-refractivity contribution < 1.29 is 9.21 Å². The Hall–Kier alpha value is -1.96. The van der Waals surface area contributed by atoms with Gasteiger partial charge < -0.3 is 14.3 Å². The van der Waals surface area contributed by atoms with E-state index < -0.39 is 5.25 Å². The van der Waals surface area contributed by atoms with E-state index in [0.29, 0.717) is 32.5 Å². The van der Waals surface area contributed by atoms with Gasteiger partial charge in [0.25, 0.3) is 0 Å². The maximum Gasteiger partial charge on any atom is 0.237 e. The van der Waals surface area contributed by atoms with Crippen molar-refractivity contribution >= 4 is 46.6 Å². The number of rotatable bonds is 5. The van der Waals surface area contributed by atoms with E-state index in [4.69, 9.17) is 27.6 Å². The summed E-state index contributed by atoms with van der Waals surface area (Å²) in [6.45, 7) is 1.77. The molecule has 3 rings (SSSR count). The van der Waals surface area contributed by atoms with Gasteiger partial charge in [0.1, 0.15) is 0 Å². The van der Waals surface area contributed by atoms with Gasteiger partial charge >= 0.3 is 0 Å². The summed E-state index contributed by atoms with van der Waals surface area (Å²) in [5.41, 5.74) is 0.400. The lowest BCUT2D eigenvalue weighted by molar-refractivity contribution is -0.115. The van der Waals surface area contributed by atoms with E-state index in [1.165, 1.54) is 11.8 Å². The van der Waals surface area contributed by atoms with Gasteiger partial charge in [-0.3, -0.25) is 4.79 Å². The smallest absolute Gasteiger partial charge is 0.237 e. The number of furan rings is 1. The van der Waals surface area contributed by atoms with Crippen LogP contribution in [0.4, 0.5) is 5.69 Å². The van der Waals surface area contributed by atoms with Crippen molar-refractivity contribution in [1.29, 1.82) is 0 Å². The van der Waals surface area contributed by atoms with Gasteiger partial charge in [0, 0.05) is 7.05 Å². The number of para-hydroxylation sites is 1. The number of amides is 1. The molecule has 1 amide bonds. The van der Waals surface area contributed by atoms with Crippen LogP contribution in [-0.2, 0) is 11.8 Å². The van der Waals surface area contributed by atoms with Crippen LogP contribution < -0.4 is 5.32 Å². The highest BCUT2D eigenvalue weighted by Crippen LogP contribution is 2.31. The number of nitrogens with zero attached hydrogens (tertiary/aromatic N) is 3. The van der Waals surface area contributed by atoms with E-state index in [1.807, 2.05) is 7.05 Å². The summed E-state index contributed by atoms with van der Waals surface area (Å²) < 4.78 is 7.10. The predicted molar refractivity (Wildman–Crippen MR) is 99.1 cm³/mol. The van der Waals surface area contributed by atoms with E-state index in [9.17, 15) is 4.79 Å². The second-order valence-electron chi connectivity index (χ2n) is 5.19. The fourth-order valence-corrected chi connectivity index (χ4v) is 3.40. The first kappa shape index (κ1) is 17.8. The van der Waals surface area contributed by atoms with Crippen LogP contribution in [0.25, 0.3) is 11.6 Å². The third kappa shape index (κ3) is 3.84. The molecule has 2 aromatic heterocycles. The first-order valence-corrected chi connectivity index (χ1v) is 8.95. The second-order valence-corrected chi connectivity index (χ2v) is 7.31. The third-order valence-corrected chi connectivity index (χ3v) is 5.20. The van der Waals surface area contributed by atoms with Crippen molar-refractivity contribution in [2.24, 2.45) is 7.05 Å². The number of aromatic nitrogens is 3. The van der Waals surface area contributed by atoms with Gasteiger partial charge in [-0.2, -0.15) is 0 Å². The molecule has 9 heteroatoms.